The average Bonchev–Trinajstić information content (AvgIpc) is 2.82. The van der Waals surface area contributed by atoms with E-state index < -0.39 is 0 Å². The van der Waals surface area contributed by atoms with Gasteiger partial charge in [-0.2, -0.15) is 0 Å². The molecule has 0 unspecified atom stereocenters. The molecular weight excluding hydrogens is 330 g/mol. The van der Waals surface area contributed by atoms with E-state index in [1.54, 1.807) is 12.1 Å². The van der Waals surface area contributed by atoms with Gasteiger partial charge in [-0.25, -0.2) is 0 Å². The first-order valence-electron chi connectivity index (χ1n) is 7.74. The van der Waals surface area contributed by atoms with Crippen LogP contribution in [0, 0.1) is 0 Å². The van der Waals surface area contributed by atoms with Gasteiger partial charge in [0.2, 0.25) is 0 Å². The topological polar surface area (TPSA) is 65.1 Å². The van der Waals surface area contributed by atoms with Gasteiger partial charge in [-0.15, -0.1) is 0 Å². The highest BCUT2D eigenvalue weighted by Gasteiger charge is 2.34. The number of carbonyl (C=O) groups is 2. The van der Waals surface area contributed by atoms with Crippen LogP contribution in [0.15, 0.2) is 23.1 Å². The lowest BCUT2D eigenvalue weighted by Gasteiger charge is -2.11. The van der Waals surface area contributed by atoms with Crippen LogP contribution in [-0.2, 0) is 9.53 Å². The van der Waals surface area contributed by atoms with Gasteiger partial charge in [-0.3, -0.25) is 14.5 Å². The molecule has 0 radical (unpaired) electrons. The van der Waals surface area contributed by atoms with Crippen molar-refractivity contribution in [2.45, 2.75) is 13.8 Å². The lowest BCUT2D eigenvalue weighted by Crippen LogP contribution is -2.31. The third kappa shape index (κ3) is 4.30. The molecule has 0 aromatic heterocycles. The summed E-state index contributed by atoms with van der Waals surface area (Å²) in [5, 5.41) is -0.285. The largest absolute Gasteiger partial charge is 0.494 e. The van der Waals surface area contributed by atoms with Crippen molar-refractivity contribution in [3.63, 3.8) is 0 Å². The van der Waals surface area contributed by atoms with Gasteiger partial charge in [0.1, 0.15) is 11.5 Å². The van der Waals surface area contributed by atoms with Crippen molar-refractivity contribution in [2.75, 3.05) is 33.5 Å². The number of hydrogen-bond donors (Lipinski definition) is 0. The molecule has 1 saturated heterocycles. The number of ether oxygens (including phenoxy) is 3. The van der Waals surface area contributed by atoms with E-state index in [2.05, 4.69) is 0 Å². The molecule has 2 rings (SSSR count). The summed E-state index contributed by atoms with van der Waals surface area (Å²) in [6.45, 7) is 5.41. The number of rotatable bonds is 8. The molecule has 0 aliphatic carbocycles. The fourth-order valence-electron chi connectivity index (χ4n) is 2.19. The minimum atomic E-state index is -0.307. The van der Waals surface area contributed by atoms with Gasteiger partial charge < -0.3 is 14.2 Å². The van der Waals surface area contributed by atoms with Crippen molar-refractivity contribution in [2.24, 2.45) is 0 Å². The number of nitrogens with zero attached hydrogens (tertiary/aromatic N) is 1. The molecule has 0 atom stereocenters. The molecule has 24 heavy (non-hydrogen) atoms. The van der Waals surface area contributed by atoms with E-state index >= 15 is 0 Å². The predicted molar refractivity (Wildman–Crippen MR) is 93.3 cm³/mol. The summed E-state index contributed by atoms with van der Waals surface area (Å²) in [5.41, 5.74) is 0.734. The molecule has 0 saturated carbocycles. The van der Waals surface area contributed by atoms with Crippen LogP contribution >= 0.6 is 11.8 Å². The van der Waals surface area contributed by atoms with Crippen LogP contribution in [0.5, 0.6) is 11.5 Å². The second kappa shape index (κ2) is 8.75. The summed E-state index contributed by atoms with van der Waals surface area (Å²) in [7, 11) is 1.53. The van der Waals surface area contributed by atoms with Crippen LogP contribution in [0.2, 0.25) is 0 Å². The molecule has 1 heterocycles. The fraction of sp³-hybridized carbons (Fsp3) is 0.412. The van der Waals surface area contributed by atoms with Gasteiger partial charge in [-0.05, 0) is 43.8 Å². The van der Waals surface area contributed by atoms with E-state index in [0.29, 0.717) is 36.2 Å². The van der Waals surface area contributed by atoms with Crippen LogP contribution in [0.25, 0.3) is 6.08 Å². The van der Waals surface area contributed by atoms with Crippen molar-refractivity contribution in [1.82, 2.24) is 4.90 Å². The van der Waals surface area contributed by atoms with Gasteiger partial charge in [0.25, 0.3) is 11.1 Å². The Bertz CT molecular complexity index is 644. The smallest absolute Gasteiger partial charge is 0.293 e. The lowest BCUT2D eigenvalue weighted by atomic mass is 10.1. The first kappa shape index (κ1) is 18.4. The Kier molecular flexibility index (Phi) is 6.69. The quantitative estimate of drug-likeness (QED) is 0.670. The molecule has 130 valence electrons. The molecular formula is C17H21NO5S. The number of carbonyl (C=O) groups excluding carboxylic acids is 2. The van der Waals surface area contributed by atoms with Crippen LogP contribution in [0.1, 0.15) is 19.4 Å². The number of benzene rings is 1. The summed E-state index contributed by atoms with van der Waals surface area (Å²) in [6.07, 6.45) is 1.68. The van der Waals surface area contributed by atoms with E-state index in [4.69, 9.17) is 14.2 Å². The number of methoxy groups -OCH3 is 1. The van der Waals surface area contributed by atoms with Gasteiger partial charge in [0, 0.05) is 18.7 Å². The number of amides is 2. The van der Waals surface area contributed by atoms with Gasteiger partial charge >= 0.3 is 0 Å². The molecule has 7 heteroatoms. The van der Waals surface area contributed by atoms with E-state index in [1.807, 2.05) is 26.0 Å². The van der Waals surface area contributed by atoms with Crippen molar-refractivity contribution in [3.8, 4) is 11.5 Å². The van der Waals surface area contributed by atoms with E-state index in [1.165, 1.54) is 12.0 Å². The normalized spacial score (nSPS) is 16.1. The fourth-order valence-corrected chi connectivity index (χ4v) is 3.04. The van der Waals surface area contributed by atoms with Crippen LogP contribution in [0.4, 0.5) is 4.79 Å². The highest BCUT2D eigenvalue weighted by atomic mass is 32.2. The van der Waals surface area contributed by atoms with Crippen LogP contribution in [0.3, 0.4) is 0 Å². The number of hydrogen-bond acceptors (Lipinski definition) is 6. The minimum Gasteiger partial charge on any atom is -0.494 e. The van der Waals surface area contributed by atoms with E-state index in [9.17, 15) is 9.59 Å². The molecule has 1 aliphatic heterocycles. The van der Waals surface area contributed by atoms with Crippen molar-refractivity contribution in [1.29, 1.82) is 0 Å². The zero-order valence-corrected chi connectivity index (χ0v) is 14.9. The van der Waals surface area contributed by atoms with Crippen LogP contribution in [-0.4, -0.2) is 49.5 Å². The molecule has 6 nitrogen and oxygen atoms in total. The first-order chi connectivity index (χ1) is 11.6. The molecule has 2 amide bonds. The second-order valence-electron chi connectivity index (χ2n) is 4.89. The monoisotopic (exact) mass is 351 g/mol. The Labute approximate surface area is 145 Å². The maximum atomic E-state index is 12.4. The molecule has 0 N–H and O–H groups in total. The Morgan fingerprint density at radius 3 is 2.58 bits per heavy atom. The van der Waals surface area contributed by atoms with Crippen molar-refractivity contribution in [3.05, 3.63) is 28.7 Å². The van der Waals surface area contributed by atoms with E-state index in [-0.39, 0.29) is 17.7 Å². The van der Waals surface area contributed by atoms with Gasteiger partial charge in [-0.1, -0.05) is 0 Å². The SMILES string of the molecule is CCOc1ccc(/C=C2/SC(=O)N(CCOC)C2=O)c(OCC)c1. The average molecular weight is 351 g/mol. The second-order valence-corrected chi connectivity index (χ2v) is 5.88. The zero-order valence-electron chi connectivity index (χ0n) is 14.0. The molecule has 0 bridgehead atoms. The summed E-state index contributed by atoms with van der Waals surface area (Å²) in [5.74, 6) is 1.01. The first-order valence-corrected chi connectivity index (χ1v) is 8.56. The third-order valence-corrected chi connectivity index (χ3v) is 4.18. The Morgan fingerprint density at radius 1 is 1.17 bits per heavy atom. The summed E-state index contributed by atoms with van der Waals surface area (Å²) >= 11 is 0.924. The van der Waals surface area contributed by atoms with Gasteiger partial charge in [0.15, 0.2) is 0 Å². The van der Waals surface area contributed by atoms with Crippen LogP contribution < -0.4 is 9.47 Å². The zero-order chi connectivity index (χ0) is 17.5. The summed E-state index contributed by atoms with van der Waals surface area (Å²) in [6, 6.07) is 5.42. The Morgan fingerprint density at radius 2 is 1.92 bits per heavy atom. The maximum absolute atomic E-state index is 12.4. The highest BCUT2D eigenvalue weighted by molar-refractivity contribution is 8.18. The predicted octanol–water partition coefficient (Wildman–Crippen LogP) is 3.17. The van der Waals surface area contributed by atoms with Gasteiger partial charge in [0.05, 0.1) is 31.3 Å². The molecule has 1 aromatic rings. The lowest BCUT2D eigenvalue weighted by molar-refractivity contribution is -0.123. The molecule has 1 aromatic carbocycles. The Hall–Kier alpha value is -1.99. The molecule has 1 aliphatic rings. The summed E-state index contributed by atoms with van der Waals surface area (Å²) < 4.78 is 16.0. The molecule has 0 spiro atoms. The highest BCUT2D eigenvalue weighted by Crippen LogP contribution is 2.35. The van der Waals surface area contributed by atoms with Crippen molar-refractivity contribution < 1.29 is 23.8 Å². The standard InChI is InChI=1S/C17H21NO5S/c1-4-22-13-7-6-12(14(11-13)23-5-2)10-15-16(19)18(8-9-21-3)17(20)24-15/h6-7,10-11H,4-5,8-9H2,1-3H3/b15-10+. The Balaban J connectivity index is 2.26. The summed E-state index contributed by atoms with van der Waals surface area (Å²) in [4.78, 5) is 25.9. The third-order valence-electron chi connectivity index (χ3n) is 3.28. The van der Waals surface area contributed by atoms with Crippen molar-refractivity contribution >= 4 is 29.0 Å². The minimum absolute atomic E-state index is 0.250. The number of imide groups is 1. The maximum Gasteiger partial charge on any atom is 0.293 e. The van der Waals surface area contributed by atoms with E-state index in [0.717, 1.165) is 17.3 Å². The molecule has 1 fully saturated rings. The number of thioether (sulfide) groups is 1.